The average molecular weight is 398 g/mol. The van der Waals surface area contributed by atoms with Gasteiger partial charge in [0.1, 0.15) is 12.2 Å². The van der Waals surface area contributed by atoms with Crippen molar-refractivity contribution in [1.29, 1.82) is 0 Å². The van der Waals surface area contributed by atoms with Gasteiger partial charge in [-0.15, -0.1) is 0 Å². The maximum absolute atomic E-state index is 13.9. The molecule has 0 spiro atoms. The van der Waals surface area contributed by atoms with Crippen molar-refractivity contribution < 1.29 is 14.0 Å². The maximum Gasteiger partial charge on any atom is 0.322 e. The van der Waals surface area contributed by atoms with Crippen LogP contribution in [0.3, 0.4) is 0 Å². The standard InChI is InChI=1S/C17H21BrFN3O2/c18-12-4-6-14(7-5-12)20-17(24)22-11-13(19)10-15(22)16(23)21-8-2-1-3-9-21/h4-7,13,15H,1-3,8-11H2,(H,20,24)/t13-,15-/m0/s1. The Morgan fingerprint density at radius 1 is 1.12 bits per heavy atom. The van der Waals surface area contributed by atoms with Gasteiger partial charge in [-0.3, -0.25) is 4.79 Å². The zero-order valence-corrected chi connectivity index (χ0v) is 15.0. The molecule has 2 fully saturated rings. The molecular formula is C17H21BrFN3O2. The van der Waals surface area contributed by atoms with Crippen LogP contribution in [0.5, 0.6) is 0 Å². The molecule has 2 saturated heterocycles. The normalized spacial score (nSPS) is 24.1. The molecule has 0 unspecified atom stereocenters. The lowest BCUT2D eigenvalue weighted by Crippen LogP contribution is -2.50. The smallest absolute Gasteiger partial charge is 0.322 e. The van der Waals surface area contributed by atoms with Gasteiger partial charge in [0, 0.05) is 29.7 Å². The molecule has 0 aliphatic carbocycles. The number of amides is 3. The van der Waals surface area contributed by atoms with Crippen LogP contribution in [0.15, 0.2) is 28.7 Å². The second kappa shape index (κ2) is 7.51. The van der Waals surface area contributed by atoms with Gasteiger partial charge < -0.3 is 15.1 Å². The van der Waals surface area contributed by atoms with Crippen LogP contribution >= 0.6 is 15.9 Å². The number of nitrogens with zero attached hydrogens (tertiary/aromatic N) is 2. The van der Waals surface area contributed by atoms with Crippen LogP contribution in [0.1, 0.15) is 25.7 Å². The minimum Gasteiger partial charge on any atom is -0.341 e. The predicted molar refractivity (Wildman–Crippen MR) is 93.6 cm³/mol. The number of rotatable bonds is 2. The summed E-state index contributed by atoms with van der Waals surface area (Å²) >= 11 is 3.34. The summed E-state index contributed by atoms with van der Waals surface area (Å²) in [5.41, 5.74) is 0.620. The number of carbonyl (C=O) groups excluding carboxylic acids is 2. The van der Waals surface area contributed by atoms with Crippen molar-refractivity contribution in [3.8, 4) is 0 Å². The first-order valence-corrected chi connectivity index (χ1v) is 9.10. The molecule has 2 aliphatic rings. The number of piperidine rings is 1. The van der Waals surface area contributed by atoms with Crippen LogP contribution in [-0.4, -0.2) is 53.6 Å². The lowest BCUT2D eigenvalue weighted by molar-refractivity contribution is -0.136. The Labute approximate surface area is 149 Å². The highest BCUT2D eigenvalue weighted by atomic mass is 79.9. The summed E-state index contributed by atoms with van der Waals surface area (Å²) in [5.74, 6) is -0.124. The van der Waals surface area contributed by atoms with Crippen LogP contribution < -0.4 is 5.32 Å². The minimum absolute atomic E-state index is 0.0351. The van der Waals surface area contributed by atoms with Gasteiger partial charge in [-0.05, 0) is 43.5 Å². The highest BCUT2D eigenvalue weighted by molar-refractivity contribution is 9.10. The third kappa shape index (κ3) is 3.88. The summed E-state index contributed by atoms with van der Waals surface area (Å²) in [7, 11) is 0. The molecule has 24 heavy (non-hydrogen) atoms. The third-order valence-electron chi connectivity index (χ3n) is 4.56. The van der Waals surface area contributed by atoms with Gasteiger partial charge in [0.05, 0.1) is 6.54 Å². The lowest BCUT2D eigenvalue weighted by atomic mass is 10.1. The van der Waals surface area contributed by atoms with Gasteiger partial charge in [0.2, 0.25) is 5.91 Å². The molecule has 2 aliphatic heterocycles. The van der Waals surface area contributed by atoms with Gasteiger partial charge in [-0.2, -0.15) is 0 Å². The lowest BCUT2D eigenvalue weighted by Gasteiger charge is -2.32. The molecule has 3 amide bonds. The Morgan fingerprint density at radius 2 is 1.79 bits per heavy atom. The molecule has 2 atom stereocenters. The number of nitrogens with one attached hydrogen (secondary N) is 1. The fourth-order valence-electron chi connectivity index (χ4n) is 3.30. The van der Waals surface area contributed by atoms with Crippen LogP contribution in [0, 0.1) is 0 Å². The Bertz CT molecular complexity index is 604. The number of urea groups is 1. The van der Waals surface area contributed by atoms with E-state index in [9.17, 15) is 14.0 Å². The fraction of sp³-hybridized carbons (Fsp3) is 0.529. The summed E-state index contributed by atoms with van der Waals surface area (Å²) in [6.45, 7) is 1.37. The highest BCUT2D eigenvalue weighted by Crippen LogP contribution is 2.25. The van der Waals surface area contributed by atoms with Gasteiger partial charge >= 0.3 is 6.03 Å². The SMILES string of the molecule is O=C([C@@H]1C[C@H](F)CN1C(=O)Nc1ccc(Br)cc1)N1CCCCC1. The number of likely N-dealkylation sites (tertiary alicyclic amines) is 2. The second-order valence-corrected chi connectivity index (χ2v) is 7.24. The maximum atomic E-state index is 13.9. The molecule has 1 N–H and O–H groups in total. The molecule has 3 rings (SSSR count). The van der Waals surface area contributed by atoms with E-state index in [0.29, 0.717) is 18.8 Å². The van der Waals surface area contributed by atoms with Gasteiger partial charge in [-0.1, -0.05) is 15.9 Å². The van der Waals surface area contributed by atoms with E-state index in [4.69, 9.17) is 0 Å². The molecule has 5 nitrogen and oxygen atoms in total. The Morgan fingerprint density at radius 3 is 2.46 bits per heavy atom. The first-order valence-electron chi connectivity index (χ1n) is 8.30. The van der Waals surface area contributed by atoms with Gasteiger partial charge in [0.25, 0.3) is 0 Å². The monoisotopic (exact) mass is 397 g/mol. The highest BCUT2D eigenvalue weighted by Gasteiger charge is 2.41. The molecule has 0 saturated carbocycles. The first-order chi connectivity index (χ1) is 11.5. The number of anilines is 1. The van der Waals surface area contributed by atoms with Crippen LogP contribution in [-0.2, 0) is 4.79 Å². The quantitative estimate of drug-likeness (QED) is 0.830. The molecular weight excluding hydrogens is 377 g/mol. The summed E-state index contributed by atoms with van der Waals surface area (Å²) < 4.78 is 14.8. The minimum atomic E-state index is -1.15. The van der Waals surface area contributed by atoms with E-state index in [1.54, 1.807) is 17.0 Å². The van der Waals surface area contributed by atoms with Crippen molar-refractivity contribution in [3.63, 3.8) is 0 Å². The number of alkyl halides is 1. The topological polar surface area (TPSA) is 52.7 Å². The van der Waals surface area contributed by atoms with Crippen LogP contribution in [0.2, 0.25) is 0 Å². The van der Waals surface area contributed by atoms with Crippen molar-refractivity contribution >= 4 is 33.6 Å². The number of halogens is 2. The molecule has 130 valence electrons. The molecule has 1 aromatic rings. The third-order valence-corrected chi connectivity index (χ3v) is 5.09. The Balaban J connectivity index is 1.68. The summed E-state index contributed by atoms with van der Waals surface area (Å²) in [4.78, 5) is 28.3. The number of benzene rings is 1. The first kappa shape index (κ1) is 17.2. The van der Waals surface area contributed by atoms with Crippen molar-refractivity contribution in [2.24, 2.45) is 0 Å². The van der Waals surface area contributed by atoms with Crippen LogP contribution in [0.4, 0.5) is 14.9 Å². The Hall–Kier alpha value is -1.63. The number of hydrogen-bond acceptors (Lipinski definition) is 2. The summed E-state index contributed by atoms with van der Waals surface area (Å²) in [6, 6.07) is 6.02. The average Bonchev–Trinajstić information content (AvgIpc) is 2.99. The van der Waals surface area contributed by atoms with E-state index in [2.05, 4.69) is 21.2 Å². The predicted octanol–water partition coefficient (Wildman–Crippen LogP) is 3.41. The second-order valence-electron chi connectivity index (χ2n) is 6.32. The van der Waals surface area contributed by atoms with Crippen molar-refractivity contribution in [2.75, 3.05) is 25.0 Å². The van der Waals surface area contributed by atoms with Gasteiger partial charge in [-0.25, -0.2) is 9.18 Å². The molecule has 1 aromatic carbocycles. The van der Waals surface area contributed by atoms with Crippen molar-refractivity contribution in [3.05, 3.63) is 28.7 Å². The molecule has 0 bridgehead atoms. The number of carbonyl (C=O) groups is 2. The van der Waals surface area contributed by atoms with Crippen molar-refractivity contribution in [2.45, 2.75) is 37.9 Å². The number of hydrogen-bond donors (Lipinski definition) is 1. The summed E-state index contributed by atoms with van der Waals surface area (Å²) in [6.07, 6.45) is 2.00. The zero-order valence-electron chi connectivity index (χ0n) is 13.4. The molecule has 7 heteroatoms. The molecule has 0 radical (unpaired) electrons. The van der Waals surface area contributed by atoms with Crippen LogP contribution in [0.25, 0.3) is 0 Å². The van der Waals surface area contributed by atoms with Crippen molar-refractivity contribution in [1.82, 2.24) is 9.80 Å². The summed E-state index contributed by atoms with van der Waals surface area (Å²) in [5, 5.41) is 2.75. The fourth-order valence-corrected chi connectivity index (χ4v) is 3.56. The molecule has 0 aromatic heterocycles. The van der Waals surface area contributed by atoms with Gasteiger partial charge in [0.15, 0.2) is 0 Å². The zero-order chi connectivity index (χ0) is 17.1. The van der Waals surface area contributed by atoms with E-state index in [1.165, 1.54) is 4.90 Å². The van der Waals surface area contributed by atoms with E-state index >= 15 is 0 Å². The van der Waals surface area contributed by atoms with E-state index in [-0.39, 0.29) is 18.9 Å². The van der Waals surface area contributed by atoms with E-state index < -0.39 is 18.2 Å². The largest absolute Gasteiger partial charge is 0.341 e. The Kier molecular flexibility index (Phi) is 5.38. The molecule has 2 heterocycles. The van der Waals surface area contributed by atoms with E-state index in [0.717, 1.165) is 23.7 Å². The van der Waals surface area contributed by atoms with E-state index in [1.807, 2.05) is 12.1 Å².